The normalized spacial score (nSPS) is 20.1. The van der Waals surface area contributed by atoms with E-state index in [0.29, 0.717) is 10.6 Å². The van der Waals surface area contributed by atoms with Crippen LogP contribution in [0.4, 0.5) is 17.6 Å². The van der Waals surface area contributed by atoms with Crippen LogP contribution in [0.15, 0.2) is 97.1 Å². The zero-order valence-electron chi connectivity index (χ0n) is 22.1. The van der Waals surface area contributed by atoms with Gasteiger partial charge in [-0.15, -0.1) is 0 Å². The van der Waals surface area contributed by atoms with Crippen molar-refractivity contribution < 1.29 is 17.6 Å². The molecule has 1 nitrogen and oxygen atoms in total. The maximum absolute atomic E-state index is 15.7. The lowest BCUT2D eigenvalue weighted by Crippen LogP contribution is -2.35. The molecule has 0 aromatic heterocycles. The summed E-state index contributed by atoms with van der Waals surface area (Å²) < 4.78 is 62.2. The van der Waals surface area contributed by atoms with E-state index >= 15 is 8.78 Å². The molecule has 4 aromatic carbocycles. The fraction of sp³-hybridized carbons (Fsp3) is 0.273. The van der Waals surface area contributed by atoms with Gasteiger partial charge in [-0.1, -0.05) is 73.5 Å². The average molecular weight is 580 g/mol. The lowest BCUT2D eigenvalue weighted by molar-refractivity contribution is 0.498. The molecular weight excluding hydrogens is 548 g/mol. The van der Waals surface area contributed by atoms with Gasteiger partial charge in [0, 0.05) is 48.2 Å². The molecule has 0 bridgehead atoms. The van der Waals surface area contributed by atoms with Crippen LogP contribution in [0.2, 0.25) is 0 Å². The van der Waals surface area contributed by atoms with E-state index in [-0.39, 0.29) is 17.4 Å². The monoisotopic (exact) mass is 579 g/mol. The van der Waals surface area contributed by atoms with E-state index in [1.807, 2.05) is 12.1 Å². The Morgan fingerprint density at radius 2 is 1.02 bits per heavy atom. The molecule has 1 heterocycles. The second-order valence-electron chi connectivity index (χ2n) is 10.6. The Hall–Kier alpha value is -2.58. The smallest absolute Gasteiger partial charge is 0.135 e. The molecule has 2 fully saturated rings. The van der Waals surface area contributed by atoms with E-state index in [1.54, 1.807) is 0 Å². The molecule has 1 aliphatic carbocycles. The highest BCUT2D eigenvalue weighted by molar-refractivity contribution is 7.79. The first-order chi connectivity index (χ1) is 19.5. The zero-order valence-corrected chi connectivity index (χ0v) is 23.9. The van der Waals surface area contributed by atoms with Gasteiger partial charge in [0.15, 0.2) is 0 Å². The van der Waals surface area contributed by atoms with Crippen molar-refractivity contribution in [3.63, 3.8) is 0 Å². The van der Waals surface area contributed by atoms with E-state index in [4.69, 9.17) is 0 Å². The summed E-state index contributed by atoms with van der Waals surface area (Å²) in [4.78, 5) is 0. The molecule has 0 spiro atoms. The van der Waals surface area contributed by atoms with Gasteiger partial charge in [0.05, 0.1) is 0 Å². The summed E-state index contributed by atoms with van der Waals surface area (Å²) in [6, 6.07) is 28.3. The summed E-state index contributed by atoms with van der Waals surface area (Å²) >= 11 is 0. The van der Waals surface area contributed by atoms with Crippen molar-refractivity contribution in [2.24, 2.45) is 0 Å². The minimum absolute atomic E-state index is 0.127. The highest BCUT2D eigenvalue weighted by Gasteiger charge is 2.48. The molecule has 206 valence electrons. The summed E-state index contributed by atoms with van der Waals surface area (Å²) in [5, 5.41) is 0.587. The summed E-state index contributed by atoms with van der Waals surface area (Å²) in [5.41, 5.74) is 2.89. The predicted molar refractivity (Wildman–Crippen MR) is 158 cm³/mol. The van der Waals surface area contributed by atoms with E-state index in [1.165, 1.54) is 35.4 Å². The van der Waals surface area contributed by atoms with Crippen LogP contribution in [0.25, 0.3) is 0 Å². The Labute approximate surface area is 235 Å². The molecule has 4 aromatic rings. The summed E-state index contributed by atoms with van der Waals surface area (Å²) in [5.74, 6) is -2.70. The molecular formula is C33H31F4NP2. The van der Waals surface area contributed by atoms with Crippen molar-refractivity contribution in [1.82, 2.24) is 4.44 Å². The van der Waals surface area contributed by atoms with Gasteiger partial charge < -0.3 is 0 Å². The van der Waals surface area contributed by atoms with Crippen molar-refractivity contribution in [1.29, 1.82) is 0 Å². The molecule has 6 rings (SSSR count). The maximum atomic E-state index is 15.7. The van der Waals surface area contributed by atoms with Crippen molar-refractivity contribution in [2.45, 2.75) is 55.9 Å². The molecule has 0 N–H and O–H groups in total. The number of hydrogen-bond acceptors (Lipinski definition) is 1. The second kappa shape index (κ2) is 12.1. The van der Waals surface area contributed by atoms with E-state index in [2.05, 4.69) is 53.0 Å². The van der Waals surface area contributed by atoms with E-state index in [9.17, 15) is 8.78 Å². The first-order valence-corrected chi connectivity index (χ1v) is 16.6. The molecule has 1 aliphatic heterocycles. The van der Waals surface area contributed by atoms with Crippen molar-refractivity contribution in [3.05, 3.63) is 131 Å². The molecule has 2 atom stereocenters. The Morgan fingerprint density at radius 3 is 1.45 bits per heavy atom. The third-order valence-corrected chi connectivity index (χ3v) is 14.8. The molecule has 0 radical (unpaired) electrons. The number of halogens is 4. The van der Waals surface area contributed by atoms with E-state index in [0.717, 1.165) is 50.7 Å². The fourth-order valence-corrected chi connectivity index (χ4v) is 14.1. The summed E-state index contributed by atoms with van der Waals surface area (Å²) in [6.45, 7) is 0. The van der Waals surface area contributed by atoms with Crippen LogP contribution < -0.4 is 10.6 Å². The Kier molecular flexibility index (Phi) is 8.35. The van der Waals surface area contributed by atoms with Crippen molar-refractivity contribution in [3.8, 4) is 0 Å². The number of hydrogen-bond donors (Lipinski definition) is 0. The SMILES string of the molecule is Fc1ccc(P(c2ccc(F)cc2F)N(C2CCCC2)P2[C@@H](c3ccccc3)CC[C@@H]2c2ccccc2)c(F)c1. The molecule has 1 saturated carbocycles. The Balaban J connectivity index is 1.59. The lowest BCUT2D eigenvalue weighted by atomic mass is 10.0. The minimum Gasteiger partial charge on any atom is -0.248 e. The first kappa shape index (κ1) is 27.6. The van der Waals surface area contributed by atoms with Crippen LogP contribution in [-0.4, -0.2) is 10.5 Å². The van der Waals surface area contributed by atoms with Crippen LogP contribution in [0.3, 0.4) is 0 Å². The van der Waals surface area contributed by atoms with Crippen molar-refractivity contribution >= 4 is 26.8 Å². The van der Waals surface area contributed by atoms with Crippen LogP contribution in [0.1, 0.15) is 61.0 Å². The van der Waals surface area contributed by atoms with Crippen LogP contribution in [0.5, 0.6) is 0 Å². The molecule has 7 heteroatoms. The van der Waals surface area contributed by atoms with E-state index < -0.39 is 39.4 Å². The number of benzene rings is 4. The third kappa shape index (κ3) is 5.49. The maximum Gasteiger partial charge on any atom is 0.135 e. The van der Waals surface area contributed by atoms with Gasteiger partial charge in [-0.2, -0.15) is 0 Å². The molecule has 0 amide bonds. The van der Waals surface area contributed by atoms with Gasteiger partial charge in [-0.05, 0) is 69.1 Å². The van der Waals surface area contributed by atoms with Crippen molar-refractivity contribution in [2.75, 3.05) is 0 Å². The zero-order chi connectivity index (χ0) is 27.6. The molecule has 40 heavy (non-hydrogen) atoms. The number of nitrogens with zero attached hydrogens (tertiary/aromatic N) is 1. The van der Waals surface area contributed by atoms with Crippen LogP contribution in [0, 0.1) is 23.3 Å². The quantitative estimate of drug-likeness (QED) is 0.156. The topological polar surface area (TPSA) is 3.24 Å². The average Bonchev–Trinajstić information content (AvgIpc) is 3.65. The highest BCUT2D eigenvalue weighted by atomic mass is 31.2. The minimum atomic E-state index is -1.76. The molecule has 2 aliphatic rings. The molecule has 0 unspecified atom stereocenters. The molecule has 1 saturated heterocycles. The Bertz CT molecular complexity index is 1350. The summed E-state index contributed by atoms with van der Waals surface area (Å²) in [6.07, 6.45) is 5.92. The predicted octanol–water partition coefficient (Wildman–Crippen LogP) is 9.51. The van der Waals surface area contributed by atoms with Gasteiger partial charge in [0.25, 0.3) is 0 Å². The first-order valence-electron chi connectivity index (χ1n) is 13.9. The van der Waals surface area contributed by atoms with Gasteiger partial charge >= 0.3 is 0 Å². The summed E-state index contributed by atoms with van der Waals surface area (Å²) in [7, 11) is -2.74. The Morgan fingerprint density at radius 1 is 0.575 bits per heavy atom. The van der Waals surface area contributed by atoms with Gasteiger partial charge in [-0.25, -0.2) is 22.0 Å². The van der Waals surface area contributed by atoms with Gasteiger partial charge in [0.1, 0.15) is 23.3 Å². The second-order valence-corrected chi connectivity index (χ2v) is 15.3. The lowest BCUT2D eigenvalue weighted by Gasteiger charge is -2.46. The number of rotatable bonds is 7. The standard InChI is InChI=1S/C33H31F4NP2/c34-25-15-17-32(28(36)21-25)40(33-18-16-26(35)22-29(33)37)38(27-13-7-8-14-27)39-30(23-9-3-1-4-10-23)19-20-31(39)24-11-5-2-6-12-24/h1-6,9-12,15-18,21-22,27,30-31H,7-8,13-14,19-20H2/t30-,31-/m1/s1. The largest absolute Gasteiger partial charge is 0.248 e. The third-order valence-electron chi connectivity index (χ3n) is 8.09. The van der Waals surface area contributed by atoms with Crippen LogP contribution in [-0.2, 0) is 0 Å². The highest BCUT2D eigenvalue weighted by Crippen LogP contribution is 2.77. The van der Waals surface area contributed by atoms with Gasteiger partial charge in [-0.3, -0.25) is 0 Å². The van der Waals surface area contributed by atoms with Crippen LogP contribution >= 0.6 is 16.1 Å². The van der Waals surface area contributed by atoms with Gasteiger partial charge in [0.2, 0.25) is 0 Å². The fourth-order valence-electron chi connectivity index (χ4n) is 6.32.